The molecule has 0 aliphatic rings. The number of hydrogen-bond acceptors (Lipinski definition) is 8. The van der Waals surface area contributed by atoms with Gasteiger partial charge in [-0.05, 0) is 20.8 Å². The molecule has 1 unspecified atom stereocenters. The number of anilines is 2. The van der Waals surface area contributed by atoms with Crippen molar-refractivity contribution < 1.29 is 9.47 Å². The van der Waals surface area contributed by atoms with Crippen LogP contribution in [0, 0.1) is 0 Å². The van der Waals surface area contributed by atoms with Gasteiger partial charge in [0, 0.05) is 13.7 Å². The van der Waals surface area contributed by atoms with Gasteiger partial charge >= 0.3 is 6.01 Å². The summed E-state index contributed by atoms with van der Waals surface area (Å²) in [6.45, 7) is 7.72. The van der Waals surface area contributed by atoms with Crippen molar-refractivity contribution in [2.24, 2.45) is 5.84 Å². The minimum absolute atomic E-state index is 0.137. The van der Waals surface area contributed by atoms with Gasteiger partial charge in [0.25, 0.3) is 0 Å². The van der Waals surface area contributed by atoms with Crippen molar-refractivity contribution in [3.63, 3.8) is 0 Å². The summed E-state index contributed by atoms with van der Waals surface area (Å²) in [6, 6.07) is 0.390. The van der Waals surface area contributed by atoms with Crippen LogP contribution >= 0.6 is 0 Å². The number of aromatic nitrogens is 3. The van der Waals surface area contributed by atoms with E-state index in [4.69, 9.17) is 15.3 Å². The van der Waals surface area contributed by atoms with E-state index in [1.165, 1.54) is 0 Å². The molecule has 1 atom stereocenters. The zero-order chi connectivity index (χ0) is 14.3. The maximum absolute atomic E-state index is 5.36. The van der Waals surface area contributed by atoms with Crippen LogP contribution in [0.5, 0.6) is 6.01 Å². The van der Waals surface area contributed by atoms with Gasteiger partial charge in [-0.1, -0.05) is 0 Å². The molecule has 1 aromatic rings. The molecule has 0 radical (unpaired) electrons. The molecule has 1 aromatic heterocycles. The molecular formula is C11H22N6O2. The highest BCUT2D eigenvalue weighted by Crippen LogP contribution is 2.16. The van der Waals surface area contributed by atoms with Crippen LogP contribution in [0.3, 0.4) is 0 Å². The third kappa shape index (κ3) is 4.18. The number of ether oxygens (including phenoxy) is 2. The maximum Gasteiger partial charge on any atom is 0.323 e. The highest BCUT2D eigenvalue weighted by atomic mass is 16.5. The van der Waals surface area contributed by atoms with Crippen molar-refractivity contribution in [3.05, 3.63) is 0 Å². The Morgan fingerprint density at radius 1 is 1.32 bits per heavy atom. The number of rotatable bonds is 8. The van der Waals surface area contributed by atoms with E-state index >= 15 is 0 Å². The number of nitrogens with zero attached hydrogens (tertiary/aromatic N) is 4. The average molecular weight is 270 g/mol. The Kier molecular flexibility index (Phi) is 6.23. The van der Waals surface area contributed by atoms with Gasteiger partial charge in [-0.3, -0.25) is 5.43 Å². The van der Waals surface area contributed by atoms with E-state index in [1.54, 1.807) is 7.11 Å². The van der Waals surface area contributed by atoms with Gasteiger partial charge in [0.1, 0.15) is 0 Å². The molecular weight excluding hydrogens is 248 g/mol. The lowest BCUT2D eigenvalue weighted by molar-refractivity contribution is 0.181. The monoisotopic (exact) mass is 270 g/mol. The van der Waals surface area contributed by atoms with Gasteiger partial charge in [0.15, 0.2) is 0 Å². The Hall–Kier alpha value is -1.67. The van der Waals surface area contributed by atoms with E-state index in [0.717, 1.165) is 6.54 Å². The van der Waals surface area contributed by atoms with Gasteiger partial charge in [-0.2, -0.15) is 15.0 Å². The highest BCUT2D eigenvalue weighted by Gasteiger charge is 2.18. The van der Waals surface area contributed by atoms with Crippen LogP contribution in [-0.2, 0) is 4.74 Å². The van der Waals surface area contributed by atoms with E-state index in [2.05, 4.69) is 20.4 Å². The van der Waals surface area contributed by atoms with E-state index in [0.29, 0.717) is 19.2 Å². The fraction of sp³-hybridized carbons (Fsp3) is 0.727. The maximum atomic E-state index is 5.36. The van der Waals surface area contributed by atoms with E-state index in [9.17, 15) is 0 Å². The zero-order valence-electron chi connectivity index (χ0n) is 11.9. The summed E-state index contributed by atoms with van der Waals surface area (Å²) in [5.74, 6) is 6.15. The predicted molar refractivity (Wildman–Crippen MR) is 73.2 cm³/mol. The molecule has 0 amide bonds. The van der Waals surface area contributed by atoms with Crippen molar-refractivity contribution in [1.82, 2.24) is 15.0 Å². The highest BCUT2D eigenvalue weighted by molar-refractivity contribution is 5.38. The summed E-state index contributed by atoms with van der Waals surface area (Å²) in [5.41, 5.74) is 2.42. The minimum Gasteiger partial charge on any atom is -0.464 e. The molecule has 0 aliphatic carbocycles. The van der Waals surface area contributed by atoms with Crippen LogP contribution in [0.15, 0.2) is 0 Å². The average Bonchev–Trinajstić information content (AvgIpc) is 2.40. The van der Waals surface area contributed by atoms with Crippen molar-refractivity contribution in [2.75, 3.05) is 37.2 Å². The lowest BCUT2D eigenvalue weighted by Crippen LogP contribution is -2.37. The Morgan fingerprint density at radius 2 is 2.05 bits per heavy atom. The summed E-state index contributed by atoms with van der Waals surface area (Å²) >= 11 is 0. The SMILES string of the molecule is CCOc1nc(NN)nc(N(CC)C(C)COC)n1. The molecule has 0 spiro atoms. The first-order valence-corrected chi connectivity index (χ1v) is 6.27. The predicted octanol–water partition coefficient (Wildman–Crippen LogP) is 0.417. The quantitative estimate of drug-likeness (QED) is 0.518. The van der Waals surface area contributed by atoms with Gasteiger partial charge in [0.05, 0.1) is 19.3 Å². The number of hydrogen-bond donors (Lipinski definition) is 2. The van der Waals surface area contributed by atoms with Crippen LogP contribution in [0.4, 0.5) is 11.9 Å². The lowest BCUT2D eigenvalue weighted by Gasteiger charge is -2.27. The Balaban J connectivity index is 3.04. The summed E-state index contributed by atoms with van der Waals surface area (Å²) in [5, 5.41) is 0. The number of likely N-dealkylation sites (N-methyl/N-ethyl adjacent to an activating group) is 1. The molecule has 0 aromatic carbocycles. The number of nitrogens with two attached hydrogens (primary N) is 1. The normalized spacial score (nSPS) is 12.1. The first kappa shape index (κ1) is 15.4. The number of hydrazine groups is 1. The second-order valence-electron chi connectivity index (χ2n) is 3.91. The van der Waals surface area contributed by atoms with Crippen molar-refractivity contribution in [1.29, 1.82) is 0 Å². The zero-order valence-corrected chi connectivity index (χ0v) is 11.9. The first-order chi connectivity index (χ1) is 9.15. The number of nitrogen functional groups attached to an aromatic ring is 1. The molecule has 3 N–H and O–H groups in total. The Morgan fingerprint density at radius 3 is 2.58 bits per heavy atom. The molecule has 1 rings (SSSR count). The van der Waals surface area contributed by atoms with Crippen molar-refractivity contribution >= 4 is 11.9 Å². The molecule has 8 heteroatoms. The second-order valence-corrected chi connectivity index (χ2v) is 3.91. The van der Waals surface area contributed by atoms with Crippen molar-refractivity contribution in [3.8, 4) is 6.01 Å². The standard InChI is InChI=1S/C11H22N6O2/c1-5-17(8(3)7-18-4)10-13-9(16-12)14-11(15-10)19-6-2/h8H,5-7,12H2,1-4H3,(H,13,14,15,16). The molecule has 0 bridgehead atoms. The molecule has 0 saturated carbocycles. The van der Waals surface area contributed by atoms with Crippen LogP contribution < -0.4 is 20.9 Å². The summed E-state index contributed by atoms with van der Waals surface area (Å²) in [7, 11) is 1.66. The fourth-order valence-electron chi connectivity index (χ4n) is 1.71. The topological polar surface area (TPSA) is 98.4 Å². The summed E-state index contributed by atoms with van der Waals surface area (Å²) in [4.78, 5) is 14.5. The van der Waals surface area contributed by atoms with E-state index in [-0.39, 0.29) is 18.0 Å². The van der Waals surface area contributed by atoms with Crippen molar-refractivity contribution in [2.45, 2.75) is 26.8 Å². The minimum atomic E-state index is 0.137. The Labute approximate surface area is 113 Å². The summed E-state index contributed by atoms with van der Waals surface area (Å²) in [6.07, 6.45) is 0. The summed E-state index contributed by atoms with van der Waals surface area (Å²) < 4.78 is 10.5. The number of nitrogens with one attached hydrogen (secondary N) is 1. The molecule has 0 saturated heterocycles. The van der Waals surface area contributed by atoms with Gasteiger partial charge in [-0.25, -0.2) is 5.84 Å². The van der Waals surface area contributed by atoms with Crippen LogP contribution in [-0.4, -0.2) is 47.9 Å². The molecule has 0 fully saturated rings. The van der Waals surface area contributed by atoms with Gasteiger partial charge in [0.2, 0.25) is 11.9 Å². The number of methoxy groups -OCH3 is 1. The largest absolute Gasteiger partial charge is 0.464 e. The van der Waals surface area contributed by atoms with Crippen LogP contribution in [0.2, 0.25) is 0 Å². The Bertz CT molecular complexity index is 389. The molecule has 0 aliphatic heterocycles. The fourth-order valence-corrected chi connectivity index (χ4v) is 1.71. The molecule has 8 nitrogen and oxygen atoms in total. The van der Waals surface area contributed by atoms with E-state index < -0.39 is 0 Å². The van der Waals surface area contributed by atoms with Gasteiger partial charge < -0.3 is 14.4 Å². The van der Waals surface area contributed by atoms with Crippen LogP contribution in [0.1, 0.15) is 20.8 Å². The van der Waals surface area contributed by atoms with E-state index in [1.807, 2.05) is 25.7 Å². The smallest absolute Gasteiger partial charge is 0.323 e. The first-order valence-electron chi connectivity index (χ1n) is 6.27. The van der Waals surface area contributed by atoms with Crippen LogP contribution in [0.25, 0.3) is 0 Å². The molecule has 19 heavy (non-hydrogen) atoms. The third-order valence-corrected chi connectivity index (χ3v) is 2.54. The second kappa shape index (κ2) is 7.70. The molecule has 1 heterocycles. The molecule has 108 valence electrons. The third-order valence-electron chi connectivity index (χ3n) is 2.54. The lowest BCUT2D eigenvalue weighted by atomic mass is 10.3. The van der Waals surface area contributed by atoms with Gasteiger partial charge in [-0.15, -0.1) is 0 Å².